The van der Waals surface area contributed by atoms with Crippen molar-refractivity contribution < 1.29 is 5.11 Å². The molecule has 0 saturated carbocycles. The van der Waals surface area contributed by atoms with Crippen molar-refractivity contribution in [2.24, 2.45) is 0 Å². The molecule has 0 aliphatic rings. The molecule has 0 fully saturated rings. The first kappa shape index (κ1) is 12.8. The van der Waals surface area contributed by atoms with E-state index in [1.165, 1.54) is 16.2 Å². The van der Waals surface area contributed by atoms with Gasteiger partial charge in [-0.05, 0) is 6.92 Å². The van der Waals surface area contributed by atoms with Crippen molar-refractivity contribution in [1.29, 1.82) is 0 Å². The average molecular weight is 290 g/mol. The van der Waals surface area contributed by atoms with E-state index in [0.29, 0.717) is 10.0 Å². The Balaban J connectivity index is 2.14. The predicted octanol–water partition coefficient (Wildman–Crippen LogP) is 2.69. The van der Waals surface area contributed by atoms with Gasteiger partial charge in [0.15, 0.2) is 5.13 Å². The first-order valence-corrected chi connectivity index (χ1v) is 7.05. The SMILES string of the molecule is Cc1ncsc1CN(C)c1nc(Cl)c(CO)s1. The Kier molecular flexibility index (Phi) is 3.98. The van der Waals surface area contributed by atoms with Crippen LogP contribution < -0.4 is 4.90 Å². The smallest absolute Gasteiger partial charge is 0.187 e. The summed E-state index contributed by atoms with van der Waals surface area (Å²) in [5.74, 6) is 0. The lowest BCUT2D eigenvalue weighted by molar-refractivity contribution is 0.285. The maximum absolute atomic E-state index is 9.07. The molecule has 17 heavy (non-hydrogen) atoms. The molecule has 2 rings (SSSR count). The zero-order valence-corrected chi connectivity index (χ0v) is 11.9. The fourth-order valence-corrected chi connectivity index (χ4v) is 3.25. The van der Waals surface area contributed by atoms with Crippen LogP contribution in [0.25, 0.3) is 0 Å². The minimum Gasteiger partial charge on any atom is -0.391 e. The van der Waals surface area contributed by atoms with Crippen molar-refractivity contribution in [2.75, 3.05) is 11.9 Å². The van der Waals surface area contributed by atoms with Gasteiger partial charge in [-0.25, -0.2) is 9.97 Å². The van der Waals surface area contributed by atoms with Gasteiger partial charge in [0.1, 0.15) is 5.15 Å². The van der Waals surface area contributed by atoms with E-state index in [-0.39, 0.29) is 6.61 Å². The number of aryl methyl sites for hydroxylation is 1. The first-order valence-electron chi connectivity index (χ1n) is 4.98. The van der Waals surface area contributed by atoms with Crippen LogP contribution in [0.3, 0.4) is 0 Å². The van der Waals surface area contributed by atoms with E-state index < -0.39 is 0 Å². The summed E-state index contributed by atoms with van der Waals surface area (Å²) in [6.45, 7) is 2.68. The number of aliphatic hydroxyl groups is 1. The fourth-order valence-electron chi connectivity index (χ4n) is 1.34. The van der Waals surface area contributed by atoms with Gasteiger partial charge < -0.3 is 10.0 Å². The molecule has 0 amide bonds. The summed E-state index contributed by atoms with van der Waals surface area (Å²) in [6, 6.07) is 0. The van der Waals surface area contributed by atoms with Gasteiger partial charge >= 0.3 is 0 Å². The van der Waals surface area contributed by atoms with Gasteiger partial charge in [0.05, 0.1) is 29.2 Å². The standard InChI is InChI=1S/C10H12ClN3OS2/c1-6-7(16-5-12-6)3-14(2)10-13-9(11)8(4-15)17-10/h5,15H,3-4H2,1-2H3. The highest BCUT2D eigenvalue weighted by Crippen LogP contribution is 2.30. The summed E-state index contributed by atoms with van der Waals surface area (Å²) in [5, 5.41) is 10.3. The molecule has 92 valence electrons. The monoisotopic (exact) mass is 289 g/mol. The van der Waals surface area contributed by atoms with Gasteiger partial charge in [0, 0.05) is 11.9 Å². The number of nitrogens with zero attached hydrogens (tertiary/aromatic N) is 3. The third kappa shape index (κ3) is 2.77. The van der Waals surface area contributed by atoms with E-state index in [1.807, 2.05) is 24.4 Å². The highest BCUT2D eigenvalue weighted by atomic mass is 35.5. The molecule has 0 saturated heterocycles. The number of halogens is 1. The predicted molar refractivity (Wildman–Crippen MR) is 72.0 cm³/mol. The van der Waals surface area contributed by atoms with Crippen LogP contribution in [0.2, 0.25) is 5.15 Å². The van der Waals surface area contributed by atoms with Crippen molar-refractivity contribution in [3.8, 4) is 0 Å². The second-order valence-electron chi connectivity index (χ2n) is 3.59. The fraction of sp³-hybridized carbons (Fsp3) is 0.400. The number of anilines is 1. The minimum absolute atomic E-state index is 0.0656. The van der Waals surface area contributed by atoms with Crippen molar-refractivity contribution >= 4 is 39.4 Å². The summed E-state index contributed by atoms with van der Waals surface area (Å²) in [7, 11) is 1.95. The molecule has 0 spiro atoms. The van der Waals surface area contributed by atoms with Gasteiger partial charge in [-0.15, -0.1) is 11.3 Å². The average Bonchev–Trinajstić information content (AvgIpc) is 2.86. The van der Waals surface area contributed by atoms with Gasteiger partial charge in [-0.2, -0.15) is 0 Å². The summed E-state index contributed by atoms with van der Waals surface area (Å²) in [5.41, 5.74) is 2.89. The maximum atomic E-state index is 9.07. The second-order valence-corrected chi connectivity index (χ2v) is 5.94. The number of aliphatic hydroxyl groups excluding tert-OH is 1. The minimum atomic E-state index is -0.0656. The maximum Gasteiger partial charge on any atom is 0.187 e. The van der Waals surface area contributed by atoms with Crippen molar-refractivity contribution in [2.45, 2.75) is 20.1 Å². The number of hydrogen-bond donors (Lipinski definition) is 1. The third-order valence-electron chi connectivity index (χ3n) is 2.33. The second kappa shape index (κ2) is 5.30. The Bertz CT molecular complexity index is 511. The molecule has 2 aromatic heterocycles. The van der Waals surface area contributed by atoms with E-state index in [4.69, 9.17) is 16.7 Å². The van der Waals surface area contributed by atoms with Crippen LogP contribution in [0, 0.1) is 6.92 Å². The Morgan fingerprint density at radius 1 is 1.47 bits per heavy atom. The van der Waals surface area contributed by atoms with E-state index in [1.54, 1.807) is 11.3 Å². The van der Waals surface area contributed by atoms with Crippen molar-refractivity contribution in [3.05, 3.63) is 26.1 Å². The van der Waals surface area contributed by atoms with Crippen LogP contribution in [0.4, 0.5) is 5.13 Å². The van der Waals surface area contributed by atoms with Crippen molar-refractivity contribution in [1.82, 2.24) is 9.97 Å². The Labute approximate surface area is 113 Å². The van der Waals surface area contributed by atoms with E-state index in [9.17, 15) is 0 Å². The van der Waals surface area contributed by atoms with E-state index in [0.717, 1.165) is 17.4 Å². The molecule has 0 unspecified atom stereocenters. The molecule has 0 aliphatic heterocycles. The Morgan fingerprint density at radius 2 is 2.24 bits per heavy atom. The lowest BCUT2D eigenvalue weighted by Crippen LogP contribution is -2.15. The lowest BCUT2D eigenvalue weighted by Gasteiger charge is -2.14. The van der Waals surface area contributed by atoms with Gasteiger partial charge in [-0.1, -0.05) is 22.9 Å². The molecule has 7 heteroatoms. The van der Waals surface area contributed by atoms with Crippen LogP contribution in [-0.2, 0) is 13.2 Å². The molecule has 0 bridgehead atoms. The molecule has 0 aliphatic carbocycles. The van der Waals surface area contributed by atoms with Crippen LogP contribution in [-0.4, -0.2) is 22.1 Å². The van der Waals surface area contributed by atoms with Crippen LogP contribution in [0.15, 0.2) is 5.51 Å². The first-order chi connectivity index (χ1) is 8.11. The topological polar surface area (TPSA) is 49.2 Å². The largest absolute Gasteiger partial charge is 0.391 e. The third-order valence-corrected chi connectivity index (χ3v) is 4.83. The number of aromatic nitrogens is 2. The molecule has 0 radical (unpaired) electrons. The zero-order valence-electron chi connectivity index (χ0n) is 9.47. The summed E-state index contributed by atoms with van der Waals surface area (Å²) in [6.07, 6.45) is 0. The highest BCUT2D eigenvalue weighted by molar-refractivity contribution is 7.16. The van der Waals surface area contributed by atoms with Gasteiger partial charge in [0.2, 0.25) is 0 Å². The van der Waals surface area contributed by atoms with Crippen LogP contribution in [0.1, 0.15) is 15.4 Å². The Morgan fingerprint density at radius 3 is 2.76 bits per heavy atom. The van der Waals surface area contributed by atoms with Crippen LogP contribution in [0.5, 0.6) is 0 Å². The zero-order chi connectivity index (χ0) is 12.4. The summed E-state index contributed by atoms with van der Waals surface area (Å²) in [4.78, 5) is 12.4. The number of rotatable bonds is 4. The number of hydrogen-bond acceptors (Lipinski definition) is 6. The Hall–Kier alpha value is -0.690. The molecular formula is C10H12ClN3OS2. The quantitative estimate of drug-likeness (QED) is 0.940. The lowest BCUT2D eigenvalue weighted by atomic mass is 10.4. The van der Waals surface area contributed by atoms with E-state index >= 15 is 0 Å². The molecule has 0 atom stereocenters. The molecule has 4 nitrogen and oxygen atoms in total. The summed E-state index contributed by atoms with van der Waals surface area (Å²) < 4.78 is 0. The number of thiazole rings is 2. The molecule has 1 N–H and O–H groups in total. The molecule has 2 heterocycles. The van der Waals surface area contributed by atoms with Crippen molar-refractivity contribution in [3.63, 3.8) is 0 Å². The normalized spacial score (nSPS) is 10.8. The molecule has 2 aromatic rings. The molecular weight excluding hydrogens is 278 g/mol. The van der Waals surface area contributed by atoms with Crippen LogP contribution >= 0.6 is 34.3 Å². The highest BCUT2D eigenvalue weighted by Gasteiger charge is 2.13. The van der Waals surface area contributed by atoms with Gasteiger partial charge in [-0.3, -0.25) is 0 Å². The van der Waals surface area contributed by atoms with Gasteiger partial charge in [0.25, 0.3) is 0 Å². The van der Waals surface area contributed by atoms with E-state index in [2.05, 4.69) is 9.97 Å². The molecule has 0 aromatic carbocycles. The summed E-state index contributed by atoms with van der Waals surface area (Å²) >= 11 is 8.95.